The van der Waals surface area contributed by atoms with Crippen LogP contribution < -0.4 is 19.4 Å². The van der Waals surface area contributed by atoms with Crippen molar-refractivity contribution in [2.45, 2.75) is 68.9 Å². The minimum Gasteiger partial charge on any atom is -0.494 e. The van der Waals surface area contributed by atoms with E-state index in [-0.39, 0.29) is 37.4 Å². The van der Waals surface area contributed by atoms with E-state index < -0.39 is 27.4 Å². The van der Waals surface area contributed by atoms with E-state index in [1.807, 2.05) is 55.5 Å². The lowest BCUT2D eigenvalue weighted by Crippen LogP contribution is -2.55. The van der Waals surface area contributed by atoms with Gasteiger partial charge in [0.25, 0.3) is 5.91 Å². The van der Waals surface area contributed by atoms with E-state index in [9.17, 15) is 19.5 Å². The van der Waals surface area contributed by atoms with Gasteiger partial charge in [-0.1, -0.05) is 12.2 Å². The third-order valence-electron chi connectivity index (χ3n) is 10.5. The first-order valence-electron chi connectivity index (χ1n) is 17.7. The van der Waals surface area contributed by atoms with Crippen LogP contribution in [0.4, 0.5) is 17.1 Å². The summed E-state index contributed by atoms with van der Waals surface area (Å²) in [5, 5.41) is 9.60. The molecule has 0 aliphatic carbocycles. The zero-order chi connectivity index (χ0) is 35.3. The number of amides is 3. The smallest absolute Gasteiger partial charge is 0.251 e. The zero-order valence-corrected chi connectivity index (χ0v) is 30.3. The number of carbonyl (C=O) groups excluding carboxylic acids is 3. The van der Waals surface area contributed by atoms with Crippen molar-refractivity contribution in [3.63, 3.8) is 0 Å². The molecule has 3 amide bonds. The largest absolute Gasteiger partial charge is 0.494 e. The van der Waals surface area contributed by atoms with Gasteiger partial charge in [-0.25, -0.2) is 0 Å². The Morgan fingerprint density at radius 3 is 2.04 bits per heavy atom. The normalized spacial score (nSPS) is 25.2. The second-order valence-electron chi connectivity index (χ2n) is 13.3. The lowest BCUT2D eigenvalue weighted by molar-refractivity contribution is -0.139. The standard InChI is InChI=1S/C39H52N4O5S/c1-7-24-41(30-18-20-31(21-19-30)48-11-5)35(45)32-33-36(46)43(26-12-13-27-44)34(39(33)23-22-38(32,6)49-39)37(47)42(25-8-2)29-16-14-28(15-17-29)40(9-3)10-4/h7-8,14-21,32-34,44H,1-2,9-13,22-27H2,3-6H3/t32-,33+,34?,38+,39?/m1/s1. The number of ether oxygens (including phenoxy) is 1. The fraction of sp³-hybridized carbons (Fsp3) is 0.513. The average Bonchev–Trinajstić information content (AvgIpc) is 3.67. The molecular formula is C39H52N4O5S. The van der Waals surface area contributed by atoms with Crippen LogP contribution >= 0.6 is 11.8 Å². The summed E-state index contributed by atoms with van der Waals surface area (Å²) in [6.07, 6.45) is 5.88. The number of unbranched alkanes of at least 4 members (excludes halogenated alkanes) is 1. The van der Waals surface area contributed by atoms with Crippen LogP contribution in [0.25, 0.3) is 0 Å². The Morgan fingerprint density at radius 1 is 0.918 bits per heavy atom. The maximum Gasteiger partial charge on any atom is 0.251 e. The van der Waals surface area contributed by atoms with Gasteiger partial charge in [0.05, 0.1) is 23.2 Å². The third-order valence-corrected chi connectivity index (χ3v) is 12.5. The molecule has 10 heteroatoms. The second kappa shape index (κ2) is 15.4. The van der Waals surface area contributed by atoms with Gasteiger partial charge in [-0.05, 0) is 102 Å². The van der Waals surface area contributed by atoms with Crippen LogP contribution in [0, 0.1) is 11.8 Å². The second-order valence-corrected chi connectivity index (χ2v) is 15.2. The summed E-state index contributed by atoms with van der Waals surface area (Å²) in [5.74, 6) is -0.989. The molecule has 1 spiro atoms. The molecule has 49 heavy (non-hydrogen) atoms. The molecule has 3 heterocycles. The molecule has 3 fully saturated rings. The lowest BCUT2D eigenvalue weighted by Gasteiger charge is -2.38. The van der Waals surface area contributed by atoms with Gasteiger partial charge in [0.15, 0.2) is 0 Å². The molecule has 9 nitrogen and oxygen atoms in total. The van der Waals surface area contributed by atoms with Crippen LogP contribution in [-0.4, -0.2) is 89.2 Å². The highest BCUT2D eigenvalue weighted by atomic mass is 32.2. The topological polar surface area (TPSA) is 93.6 Å². The molecule has 3 aliphatic rings. The molecule has 3 aliphatic heterocycles. The summed E-state index contributed by atoms with van der Waals surface area (Å²) >= 11 is 1.67. The van der Waals surface area contributed by atoms with Crippen LogP contribution in [0.2, 0.25) is 0 Å². The predicted octanol–water partition coefficient (Wildman–Crippen LogP) is 5.92. The molecule has 264 valence electrons. The number of anilines is 3. The van der Waals surface area contributed by atoms with E-state index in [2.05, 4.69) is 38.8 Å². The van der Waals surface area contributed by atoms with Crippen LogP contribution in [0.5, 0.6) is 5.75 Å². The number of hydrogen-bond donors (Lipinski definition) is 1. The molecule has 2 unspecified atom stereocenters. The van der Waals surface area contributed by atoms with Crippen molar-refractivity contribution in [3.8, 4) is 5.75 Å². The molecule has 0 radical (unpaired) electrons. The molecule has 0 saturated carbocycles. The number of fused-ring (bicyclic) bond motifs is 1. The molecule has 2 bridgehead atoms. The molecule has 3 saturated heterocycles. The fourth-order valence-corrected chi connectivity index (χ4v) is 10.6. The van der Waals surface area contributed by atoms with Crippen molar-refractivity contribution in [2.24, 2.45) is 11.8 Å². The summed E-state index contributed by atoms with van der Waals surface area (Å²) in [4.78, 5) is 51.9. The van der Waals surface area contributed by atoms with Crippen molar-refractivity contribution >= 4 is 46.5 Å². The van der Waals surface area contributed by atoms with Gasteiger partial charge in [0.2, 0.25) is 11.8 Å². The Labute approximate surface area is 296 Å². The number of likely N-dealkylation sites (tertiary alicyclic amines) is 1. The van der Waals surface area contributed by atoms with Gasteiger partial charge in [-0.3, -0.25) is 14.4 Å². The maximum atomic E-state index is 15.0. The van der Waals surface area contributed by atoms with Gasteiger partial charge in [-0.15, -0.1) is 24.9 Å². The van der Waals surface area contributed by atoms with Crippen LogP contribution in [0.15, 0.2) is 73.8 Å². The van der Waals surface area contributed by atoms with E-state index in [0.717, 1.165) is 36.6 Å². The minimum absolute atomic E-state index is 0.00320. The number of nitrogens with zero attached hydrogens (tertiary/aromatic N) is 4. The summed E-state index contributed by atoms with van der Waals surface area (Å²) in [7, 11) is 0. The number of thioether (sulfide) groups is 1. The number of rotatable bonds is 17. The first-order chi connectivity index (χ1) is 23.6. The van der Waals surface area contributed by atoms with Crippen LogP contribution in [0.3, 0.4) is 0 Å². The quantitative estimate of drug-likeness (QED) is 0.163. The third kappa shape index (κ3) is 6.61. The zero-order valence-electron chi connectivity index (χ0n) is 29.5. The van der Waals surface area contributed by atoms with Crippen LogP contribution in [-0.2, 0) is 14.4 Å². The number of aliphatic hydroxyl groups excluding tert-OH is 1. The van der Waals surface area contributed by atoms with Crippen LogP contribution in [0.1, 0.15) is 53.4 Å². The summed E-state index contributed by atoms with van der Waals surface area (Å²) in [6.45, 7) is 19.3. The Hall–Kier alpha value is -3.76. The van der Waals surface area contributed by atoms with E-state index in [1.54, 1.807) is 38.6 Å². The van der Waals surface area contributed by atoms with Gasteiger partial charge in [-0.2, -0.15) is 0 Å². The fourth-order valence-electron chi connectivity index (χ4n) is 8.26. The Bertz CT molecular complexity index is 1510. The van der Waals surface area contributed by atoms with E-state index in [0.29, 0.717) is 38.1 Å². The minimum atomic E-state index is -0.762. The number of aliphatic hydroxyl groups is 1. The first-order valence-corrected chi connectivity index (χ1v) is 18.5. The molecule has 2 aromatic carbocycles. The van der Waals surface area contributed by atoms with Gasteiger partial charge >= 0.3 is 0 Å². The monoisotopic (exact) mass is 688 g/mol. The summed E-state index contributed by atoms with van der Waals surface area (Å²) < 4.78 is 4.35. The van der Waals surface area contributed by atoms with Crippen molar-refractivity contribution in [1.29, 1.82) is 0 Å². The van der Waals surface area contributed by atoms with Gasteiger partial charge < -0.3 is 29.4 Å². The molecule has 1 N–H and O–H groups in total. The predicted molar refractivity (Wildman–Crippen MR) is 199 cm³/mol. The highest BCUT2D eigenvalue weighted by Crippen LogP contribution is 2.71. The Morgan fingerprint density at radius 2 is 1.49 bits per heavy atom. The lowest BCUT2D eigenvalue weighted by atomic mass is 9.66. The Kier molecular flexibility index (Phi) is 11.5. The number of hydrogen-bond acceptors (Lipinski definition) is 7. The van der Waals surface area contributed by atoms with E-state index >= 15 is 0 Å². The van der Waals surface area contributed by atoms with Crippen molar-refractivity contribution in [1.82, 2.24) is 4.90 Å². The SMILES string of the molecule is C=CCN(C(=O)C1N(CCCCO)C(=O)[C@@H]2[C@H](C(=O)N(CC=C)c3ccc(OCC)cc3)[C@]3(C)CCC12S3)c1ccc(N(CC)CC)cc1. The molecule has 2 aromatic rings. The highest BCUT2D eigenvalue weighted by Gasteiger charge is 2.77. The maximum absolute atomic E-state index is 15.0. The first kappa shape index (κ1) is 36.5. The average molecular weight is 689 g/mol. The number of benzene rings is 2. The molecule has 5 atom stereocenters. The van der Waals surface area contributed by atoms with E-state index in [4.69, 9.17) is 4.74 Å². The summed E-state index contributed by atoms with van der Waals surface area (Å²) in [6, 6.07) is 14.7. The Balaban J connectivity index is 1.54. The van der Waals surface area contributed by atoms with Gasteiger partial charge in [0, 0.05) is 61.1 Å². The highest BCUT2D eigenvalue weighted by molar-refractivity contribution is 8.02. The molecule has 0 aromatic heterocycles. The molecular weight excluding hydrogens is 637 g/mol. The summed E-state index contributed by atoms with van der Waals surface area (Å²) in [5.41, 5.74) is 2.53. The van der Waals surface area contributed by atoms with Gasteiger partial charge in [0.1, 0.15) is 11.8 Å². The van der Waals surface area contributed by atoms with Crippen molar-refractivity contribution in [3.05, 3.63) is 73.8 Å². The number of carbonyl (C=O) groups is 3. The van der Waals surface area contributed by atoms with Crippen molar-refractivity contribution in [2.75, 3.05) is 60.6 Å². The van der Waals surface area contributed by atoms with Crippen molar-refractivity contribution < 1.29 is 24.2 Å². The van der Waals surface area contributed by atoms with E-state index in [1.165, 1.54) is 0 Å². The molecule has 5 rings (SSSR count).